The highest BCUT2D eigenvalue weighted by molar-refractivity contribution is 5.86. The molecule has 2 aromatic carbocycles. The molecule has 4 nitrogen and oxygen atoms in total. The highest BCUT2D eigenvalue weighted by Crippen LogP contribution is 2.21. The van der Waals surface area contributed by atoms with E-state index in [1.807, 2.05) is 12.1 Å². The molecule has 0 bridgehead atoms. The number of nitrogens with one attached hydrogen (secondary N) is 2. The molecule has 7 heteroatoms. The highest BCUT2D eigenvalue weighted by atomic mass is 35.5. The van der Waals surface area contributed by atoms with Crippen molar-refractivity contribution in [2.75, 3.05) is 53.4 Å². The summed E-state index contributed by atoms with van der Waals surface area (Å²) in [6.07, 6.45) is 0.903. The first-order valence-electron chi connectivity index (χ1n) is 9.06. The van der Waals surface area contributed by atoms with Crippen LogP contribution in [0.5, 0.6) is 5.75 Å². The fourth-order valence-corrected chi connectivity index (χ4v) is 2.57. The van der Waals surface area contributed by atoms with Gasteiger partial charge in [0, 0.05) is 39.1 Å². The number of para-hydroxylation sites is 1. The molecule has 0 unspecified atom stereocenters. The van der Waals surface area contributed by atoms with Gasteiger partial charge in [0.05, 0.1) is 0 Å². The Morgan fingerprint density at radius 3 is 2.04 bits per heavy atom. The lowest BCUT2D eigenvalue weighted by Crippen LogP contribution is -2.33. The number of ether oxygens (including phenoxy) is 1. The number of halogens is 3. The van der Waals surface area contributed by atoms with Gasteiger partial charge in [0.15, 0.2) is 0 Å². The normalized spacial score (nSPS) is 9.82. The minimum Gasteiger partial charge on any atom is -0.492 e. The fraction of sp³-hybridized carbons (Fsp3) is 0.429. The Bertz CT molecular complexity index is 600. The molecule has 0 heterocycles. The van der Waals surface area contributed by atoms with E-state index < -0.39 is 0 Å². The summed E-state index contributed by atoms with van der Waals surface area (Å²) in [4.78, 5) is 2.18. The van der Waals surface area contributed by atoms with Crippen LogP contribution in [0.2, 0.25) is 0 Å². The van der Waals surface area contributed by atoms with Gasteiger partial charge in [0.25, 0.3) is 0 Å². The van der Waals surface area contributed by atoms with E-state index in [1.165, 1.54) is 11.1 Å². The number of hydrogen-bond acceptors (Lipinski definition) is 4. The molecule has 0 saturated heterocycles. The summed E-state index contributed by atoms with van der Waals surface area (Å²) in [5, 5.41) is 6.83. The van der Waals surface area contributed by atoms with Crippen LogP contribution in [0, 0.1) is 0 Å². The van der Waals surface area contributed by atoms with Gasteiger partial charge in [0.2, 0.25) is 0 Å². The van der Waals surface area contributed by atoms with E-state index in [9.17, 15) is 0 Å². The van der Waals surface area contributed by atoms with E-state index in [0.717, 1.165) is 44.9 Å². The zero-order valence-corrected chi connectivity index (χ0v) is 19.2. The van der Waals surface area contributed by atoms with E-state index in [-0.39, 0.29) is 37.2 Å². The lowest BCUT2D eigenvalue weighted by Gasteiger charge is -2.13. The Balaban J connectivity index is 0. The molecular weight excluding hydrogens is 417 g/mol. The number of rotatable bonds is 12. The summed E-state index contributed by atoms with van der Waals surface area (Å²) in [7, 11) is 4.18. The minimum absolute atomic E-state index is 0. The van der Waals surface area contributed by atoms with Crippen molar-refractivity contribution in [1.29, 1.82) is 0 Å². The Labute approximate surface area is 188 Å². The van der Waals surface area contributed by atoms with Crippen molar-refractivity contribution in [3.63, 3.8) is 0 Å². The van der Waals surface area contributed by atoms with Crippen LogP contribution in [0.15, 0.2) is 54.6 Å². The van der Waals surface area contributed by atoms with E-state index >= 15 is 0 Å². The van der Waals surface area contributed by atoms with Gasteiger partial charge in [-0.15, -0.1) is 37.2 Å². The molecular formula is C21H34Cl3N3O. The van der Waals surface area contributed by atoms with E-state index in [4.69, 9.17) is 4.74 Å². The molecule has 0 saturated carbocycles. The first-order chi connectivity index (χ1) is 12.3. The lowest BCUT2D eigenvalue weighted by molar-refractivity contribution is 0.311. The van der Waals surface area contributed by atoms with Gasteiger partial charge in [0.1, 0.15) is 12.4 Å². The number of benzene rings is 2. The maximum absolute atomic E-state index is 5.98. The lowest BCUT2D eigenvalue weighted by atomic mass is 10.0. The van der Waals surface area contributed by atoms with Gasteiger partial charge in [-0.3, -0.25) is 0 Å². The molecule has 0 radical (unpaired) electrons. The Morgan fingerprint density at radius 2 is 1.36 bits per heavy atom. The molecule has 0 fully saturated rings. The molecule has 2 rings (SSSR count). The van der Waals surface area contributed by atoms with Crippen LogP contribution in [-0.4, -0.2) is 58.3 Å². The summed E-state index contributed by atoms with van der Waals surface area (Å²) in [5.74, 6) is 0.984. The zero-order chi connectivity index (χ0) is 17.7. The second-order valence-electron chi connectivity index (χ2n) is 6.42. The van der Waals surface area contributed by atoms with Gasteiger partial charge >= 0.3 is 0 Å². The van der Waals surface area contributed by atoms with Gasteiger partial charge < -0.3 is 20.3 Å². The first-order valence-corrected chi connectivity index (χ1v) is 9.06. The standard InChI is InChI=1S/C21H31N3O.3ClH/c1-24(2)16-14-22-12-13-23-15-17-25-21-11-7-6-10-20(21)18-19-8-4-3-5-9-19;;;/h3-11,22-23H,12-18H2,1-2H3;3*1H. The Kier molecular flexibility index (Phi) is 18.8. The van der Waals surface area contributed by atoms with Crippen molar-refractivity contribution in [3.05, 3.63) is 65.7 Å². The van der Waals surface area contributed by atoms with Crippen LogP contribution in [0.25, 0.3) is 0 Å². The summed E-state index contributed by atoms with van der Waals surface area (Å²) < 4.78 is 5.98. The summed E-state index contributed by atoms with van der Waals surface area (Å²) in [6, 6.07) is 18.8. The predicted molar refractivity (Wildman–Crippen MR) is 127 cm³/mol. The predicted octanol–water partition coefficient (Wildman–Crippen LogP) is 3.66. The number of hydrogen-bond donors (Lipinski definition) is 2. The Hall–Kier alpha value is -1.01. The van der Waals surface area contributed by atoms with Gasteiger partial charge in [-0.1, -0.05) is 48.5 Å². The largest absolute Gasteiger partial charge is 0.492 e. The second-order valence-corrected chi connectivity index (χ2v) is 6.42. The molecule has 0 spiro atoms. The highest BCUT2D eigenvalue weighted by Gasteiger charge is 2.04. The zero-order valence-electron chi connectivity index (χ0n) is 16.7. The van der Waals surface area contributed by atoms with Crippen LogP contribution in [-0.2, 0) is 6.42 Å². The molecule has 0 aliphatic heterocycles. The SMILES string of the molecule is CN(C)CCNCCNCCOc1ccccc1Cc1ccccc1.Cl.Cl.Cl. The van der Waals surface area contributed by atoms with Crippen LogP contribution in [0.3, 0.4) is 0 Å². The summed E-state index contributed by atoms with van der Waals surface area (Å²) >= 11 is 0. The van der Waals surface area contributed by atoms with Crippen molar-refractivity contribution in [1.82, 2.24) is 15.5 Å². The van der Waals surface area contributed by atoms with E-state index in [1.54, 1.807) is 0 Å². The monoisotopic (exact) mass is 449 g/mol. The molecule has 0 atom stereocenters. The van der Waals surface area contributed by atoms with Crippen LogP contribution in [0.4, 0.5) is 0 Å². The quantitative estimate of drug-likeness (QED) is 0.484. The average Bonchev–Trinajstić information content (AvgIpc) is 2.62. The average molecular weight is 451 g/mol. The van der Waals surface area contributed by atoms with E-state index in [0.29, 0.717) is 6.61 Å². The summed E-state index contributed by atoms with van der Waals surface area (Å²) in [6.45, 7) is 5.58. The van der Waals surface area contributed by atoms with Crippen molar-refractivity contribution < 1.29 is 4.74 Å². The number of nitrogens with zero attached hydrogens (tertiary/aromatic N) is 1. The van der Waals surface area contributed by atoms with Crippen molar-refractivity contribution >= 4 is 37.2 Å². The van der Waals surface area contributed by atoms with Gasteiger partial charge in [-0.25, -0.2) is 0 Å². The Morgan fingerprint density at radius 1 is 0.750 bits per heavy atom. The molecule has 28 heavy (non-hydrogen) atoms. The molecule has 2 aromatic rings. The van der Waals surface area contributed by atoms with Crippen molar-refractivity contribution in [3.8, 4) is 5.75 Å². The van der Waals surface area contributed by atoms with Gasteiger partial charge in [-0.2, -0.15) is 0 Å². The topological polar surface area (TPSA) is 36.5 Å². The fourth-order valence-electron chi connectivity index (χ4n) is 2.57. The third-order valence-electron chi connectivity index (χ3n) is 3.96. The van der Waals surface area contributed by atoms with Crippen molar-refractivity contribution in [2.45, 2.75) is 6.42 Å². The third-order valence-corrected chi connectivity index (χ3v) is 3.96. The van der Waals surface area contributed by atoms with Crippen LogP contribution >= 0.6 is 37.2 Å². The minimum atomic E-state index is 0. The molecule has 0 amide bonds. The second kappa shape index (κ2) is 18.0. The van der Waals surface area contributed by atoms with E-state index in [2.05, 4.69) is 72.1 Å². The summed E-state index contributed by atoms with van der Waals surface area (Å²) in [5.41, 5.74) is 2.54. The van der Waals surface area contributed by atoms with Crippen LogP contribution in [0.1, 0.15) is 11.1 Å². The smallest absolute Gasteiger partial charge is 0.122 e. The maximum atomic E-state index is 5.98. The molecule has 0 aliphatic rings. The molecule has 0 aliphatic carbocycles. The molecule has 2 N–H and O–H groups in total. The number of likely N-dealkylation sites (N-methyl/N-ethyl adjacent to an activating group) is 1. The van der Waals surface area contributed by atoms with Crippen molar-refractivity contribution in [2.24, 2.45) is 0 Å². The molecule has 0 aromatic heterocycles. The first kappa shape index (κ1) is 29.2. The maximum Gasteiger partial charge on any atom is 0.122 e. The van der Waals surface area contributed by atoms with Gasteiger partial charge in [-0.05, 0) is 31.3 Å². The molecule has 160 valence electrons. The third kappa shape index (κ3) is 12.4. The van der Waals surface area contributed by atoms with Crippen LogP contribution < -0.4 is 15.4 Å².